The van der Waals surface area contributed by atoms with Gasteiger partial charge < -0.3 is 29.6 Å². The van der Waals surface area contributed by atoms with Crippen LogP contribution in [0.2, 0.25) is 0 Å². The fourth-order valence-electron chi connectivity index (χ4n) is 5.61. The SMILES string of the molecule is CC1(C)CC(NC(=O)c2ccc3c(c2)OCO3)CC(C)(CNC(=O)c2ccc3c(c2)OCO3)C1. The summed E-state index contributed by atoms with van der Waals surface area (Å²) in [4.78, 5) is 25.8. The lowest BCUT2D eigenvalue weighted by molar-refractivity contribution is 0.0592. The van der Waals surface area contributed by atoms with Gasteiger partial charge in [-0.25, -0.2) is 0 Å². The van der Waals surface area contributed by atoms with Gasteiger partial charge in [0.15, 0.2) is 23.0 Å². The van der Waals surface area contributed by atoms with E-state index in [2.05, 4.69) is 31.4 Å². The van der Waals surface area contributed by atoms with E-state index in [0.717, 1.165) is 19.3 Å². The molecule has 0 spiro atoms. The lowest BCUT2D eigenvalue weighted by Crippen LogP contribution is -2.50. The van der Waals surface area contributed by atoms with Gasteiger partial charge in [0.25, 0.3) is 11.8 Å². The Morgan fingerprint density at radius 1 is 0.824 bits per heavy atom. The van der Waals surface area contributed by atoms with Crippen molar-refractivity contribution in [3.8, 4) is 23.0 Å². The molecule has 0 saturated heterocycles. The lowest BCUT2D eigenvalue weighted by atomic mass is 9.62. The number of hydrogen-bond acceptors (Lipinski definition) is 6. The van der Waals surface area contributed by atoms with Crippen LogP contribution < -0.4 is 29.6 Å². The number of carbonyl (C=O) groups excluding carboxylic acids is 2. The molecule has 5 rings (SSSR count). The van der Waals surface area contributed by atoms with Gasteiger partial charge in [-0.05, 0) is 66.5 Å². The molecule has 2 amide bonds. The molecule has 8 nitrogen and oxygen atoms in total. The first kappa shape index (κ1) is 22.4. The molecule has 2 N–H and O–H groups in total. The van der Waals surface area contributed by atoms with Crippen molar-refractivity contribution in [1.29, 1.82) is 0 Å². The minimum Gasteiger partial charge on any atom is -0.454 e. The van der Waals surface area contributed by atoms with Crippen LogP contribution in [0.1, 0.15) is 60.7 Å². The maximum atomic E-state index is 13.0. The highest BCUT2D eigenvalue weighted by Gasteiger charge is 2.42. The van der Waals surface area contributed by atoms with Crippen LogP contribution >= 0.6 is 0 Å². The molecule has 2 aromatic rings. The number of ether oxygens (including phenoxy) is 4. The van der Waals surface area contributed by atoms with E-state index in [1.54, 1.807) is 36.4 Å². The highest BCUT2D eigenvalue weighted by Crippen LogP contribution is 2.46. The average Bonchev–Trinajstić information content (AvgIpc) is 3.44. The fraction of sp³-hybridized carbons (Fsp3) is 0.462. The monoisotopic (exact) mass is 466 g/mol. The summed E-state index contributed by atoms with van der Waals surface area (Å²) in [5.41, 5.74) is 0.935. The average molecular weight is 467 g/mol. The predicted molar refractivity (Wildman–Crippen MR) is 124 cm³/mol. The van der Waals surface area contributed by atoms with E-state index in [4.69, 9.17) is 18.9 Å². The van der Waals surface area contributed by atoms with E-state index in [-0.39, 0.29) is 42.3 Å². The van der Waals surface area contributed by atoms with Gasteiger partial charge in [0.2, 0.25) is 13.6 Å². The normalized spacial score (nSPS) is 23.9. The molecule has 2 unspecified atom stereocenters. The fourth-order valence-corrected chi connectivity index (χ4v) is 5.61. The zero-order chi connectivity index (χ0) is 23.9. The van der Waals surface area contributed by atoms with E-state index in [1.807, 2.05) is 0 Å². The summed E-state index contributed by atoms with van der Waals surface area (Å²) in [7, 11) is 0. The summed E-state index contributed by atoms with van der Waals surface area (Å²) < 4.78 is 21.4. The van der Waals surface area contributed by atoms with Gasteiger partial charge in [0.05, 0.1) is 0 Å². The van der Waals surface area contributed by atoms with Gasteiger partial charge in [-0.15, -0.1) is 0 Å². The molecule has 3 aliphatic rings. The molecule has 1 fully saturated rings. The smallest absolute Gasteiger partial charge is 0.251 e. The molecule has 0 aromatic heterocycles. The largest absolute Gasteiger partial charge is 0.454 e. The Labute approximate surface area is 198 Å². The molecule has 180 valence electrons. The topological polar surface area (TPSA) is 95.1 Å². The Bertz CT molecular complexity index is 1130. The minimum absolute atomic E-state index is 0.00545. The van der Waals surface area contributed by atoms with Crippen LogP contribution in [0, 0.1) is 10.8 Å². The van der Waals surface area contributed by atoms with Crippen LogP contribution in [0.25, 0.3) is 0 Å². The van der Waals surface area contributed by atoms with Gasteiger partial charge in [-0.3, -0.25) is 9.59 Å². The van der Waals surface area contributed by atoms with Crippen molar-refractivity contribution in [2.24, 2.45) is 10.8 Å². The van der Waals surface area contributed by atoms with Crippen LogP contribution in [0.15, 0.2) is 36.4 Å². The Morgan fingerprint density at radius 2 is 1.38 bits per heavy atom. The van der Waals surface area contributed by atoms with Crippen LogP contribution in [0.4, 0.5) is 0 Å². The van der Waals surface area contributed by atoms with Crippen LogP contribution in [-0.2, 0) is 0 Å². The first-order valence-corrected chi connectivity index (χ1v) is 11.6. The Balaban J connectivity index is 1.23. The van der Waals surface area contributed by atoms with Crippen LogP contribution in [-0.4, -0.2) is 38.0 Å². The van der Waals surface area contributed by atoms with Crippen molar-refractivity contribution in [2.45, 2.75) is 46.1 Å². The molecule has 8 heteroatoms. The maximum absolute atomic E-state index is 13.0. The number of carbonyl (C=O) groups is 2. The quantitative estimate of drug-likeness (QED) is 0.694. The third-order valence-corrected chi connectivity index (χ3v) is 6.72. The molecule has 2 heterocycles. The minimum atomic E-state index is -0.166. The van der Waals surface area contributed by atoms with Gasteiger partial charge in [-0.2, -0.15) is 0 Å². The summed E-state index contributed by atoms with van der Waals surface area (Å²) in [6.07, 6.45) is 2.58. The highest BCUT2D eigenvalue weighted by atomic mass is 16.7. The summed E-state index contributed by atoms with van der Waals surface area (Å²) in [6.45, 7) is 7.46. The first-order valence-electron chi connectivity index (χ1n) is 11.6. The number of hydrogen-bond donors (Lipinski definition) is 2. The van der Waals surface area contributed by atoms with Crippen molar-refractivity contribution in [3.05, 3.63) is 47.5 Å². The molecule has 0 bridgehead atoms. The van der Waals surface area contributed by atoms with Gasteiger partial charge in [0.1, 0.15) is 0 Å². The van der Waals surface area contributed by atoms with E-state index in [9.17, 15) is 9.59 Å². The molecule has 1 saturated carbocycles. The van der Waals surface area contributed by atoms with Crippen molar-refractivity contribution in [1.82, 2.24) is 10.6 Å². The number of amides is 2. The van der Waals surface area contributed by atoms with Crippen molar-refractivity contribution in [2.75, 3.05) is 20.1 Å². The third kappa shape index (κ3) is 4.62. The number of rotatable bonds is 5. The van der Waals surface area contributed by atoms with E-state index in [0.29, 0.717) is 40.7 Å². The van der Waals surface area contributed by atoms with Crippen LogP contribution in [0.5, 0.6) is 23.0 Å². The Hall–Kier alpha value is -3.42. The second kappa shape index (κ2) is 8.42. The molecular formula is C26H30N2O6. The molecule has 34 heavy (non-hydrogen) atoms. The van der Waals surface area contributed by atoms with Crippen molar-refractivity contribution in [3.63, 3.8) is 0 Å². The second-order valence-corrected chi connectivity index (χ2v) is 10.5. The predicted octanol–water partition coefficient (Wildman–Crippen LogP) is 3.89. The van der Waals surface area contributed by atoms with Gasteiger partial charge in [0, 0.05) is 23.7 Å². The first-order chi connectivity index (χ1) is 16.2. The molecule has 0 radical (unpaired) electrons. The van der Waals surface area contributed by atoms with E-state index < -0.39 is 0 Å². The van der Waals surface area contributed by atoms with E-state index in [1.165, 1.54) is 0 Å². The number of fused-ring (bicyclic) bond motifs is 2. The molecule has 2 atom stereocenters. The number of benzene rings is 2. The molecular weight excluding hydrogens is 436 g/mol. The van der Waals surface area contributed by atoms with Gasteiger partial charge >= 0.3 is 0 Å². The van der Waals surface area contributed by atoms with Gasteiger partial charge in [-0.1, -0.05) is 20.8 Å². The molecule has 1 aliphatic carbocycles. The number of nitrogens with one attached hydrogen (secondary N) is 2. The van der Waals surface area contributed by atoms with Crippen LogP contribution in [0.3, 0.4) is 0 Å². The Morgan fingerprint density at radius 3 is 2.00 bits per heavy atom. The standard InChI is InChI=1S/C26H30N2O6/c1-25(2)10-18(28-24(30)17-5-7-20-22(9-17)34-15-32-20)11-26(3,12-25)13-27-23(29)16-4-6-19-21(8-16)33-14-31-19/h4-9,18H,10-15H2,1-3H3,(H,27,29)(H,28,30). The molecule has 2 aliphatic heterocycles. The lowest BCUT2D eigenvalue weighted by Gasteiger charge is -2.47. The summed E-state index contributed by atoms with van der Waals surface area (Å²) in [5.74, 6) is 2.20. The highest BCUT2D eigenvalue weighted by molar-refractivity contribution is 5.95. The van der Waals surface area contributed by atoms with Crippen molar-refractivity contribution >= 4 is 11.8 Å². The van der Waals surface area contributed by atoms with E-state index >= 15 is 0 Å². The summed E-state index contributed by atoms with van der Waals surface area (Å²) in [5, 5.41) is 6.30. The third-order valence-electron chi connectivity index (χ3n) is 6.72. The Kier molecular flexibility index (Phi) is 5.54. The summed E-state index contributed by atoms with van der Waals surface area (Å²) in [6, 6.07) is 10.4. The zero-order valence-electron chi connectivity index (χ0n) is 19.7. The summed E-state index contributed by atoms with van der Waals surface area (Å²) >= 11 is 0. The maximum Gasteiger partial charge on any atom is 0.251 e. The molecule has 2 aromatic carbocycles. The second-order valence-electron chi connectivity index (χ2n) is 10.5. The zero-order valence-corrected chi connectivity index (χ0v) is 19.7. The van der Waals surface area contributed by atoms with Crippen molar-refractivity contribution < 1.29 is 28.5 Å².